The first kappa shape index (κ1) is 20.8. The summed E-state index contributed by atoms with van der Waals surface area (Å²) in [6.45, 7) is 2.47. The molecule has 152 valence electrons. The predicted molar refractivity (Wildman–Crippen MR) is 111 cm³/mol. The van der Waals surface area contributed by atoms with E-state index < -0.39 is 11.5 Å². The first-order chi connectivity index (χ1) is 14.5. The van der Waals surface area contributed by atoms with Crippen LogP contribution in [-0.4, -0.2) is 35.6 Å². The van der Waals surface area contributed by atoms with Gasteiger partial charge in [-0.25, -0.2) is 0 Å². The number of carbonyl (C=O) groups is 1. The predicted octanol–water partition coefficient (Wildman–Crippen LogP) is 2.46. The van der Waals surface area contributed by atoms with Gasteiger partial charge in [0.05, 0.1) is 6.61 Å². The Bertz CT molecular complexity index is 1190. The minimum atomic E-state index is -0.617. The average Bonchev–Trinajstić information content (AvgIpc) is 2.75. The lowest BCUT2D eigenvalue weighted by Gasteiger charge is -2.10. The third kappa shape index (κ3) is 4.71. The number of benzene rings is 1. The van der Waals surface area contributed by atoms with Crippen LogP contribution in [0.1, 0.15) is 11.1 Å². The number of ether oxygens (including phenoxy) is 2. The molecule has 2 aromatic heterocycles. The lowest BCUT2D eigenvalue weighted by molar-refractivity contribution is -0.117. The summed E-state index contributed by atoms with van der Waals surface area (Å²) in [6.07, 6.45) is 2.75. The van der Waals surface area contributed by atoms with Crippen LogP contribution in [-0.2, 0) is 9.53 Å². The maximum absolute atomic E-state index is 13.1. The molecule has 0 radical (unpaired) electrons. The number of fused-ring (bicyclic) bond motifs is 1. The highest BCUT2D eigenvalue weighted by Gasteiger charge is 2.17. The van der Waals surface area contributed by atoms with Gasteiger partial charge < -0.3 is 14.8 Å². The van der Waals surface area contributed by atoms with E-state index in [-0.39, 0.29) is 23.6 Å². The topological polar surface area (TPSA) is 106 Å². The quantitative estimate of drug-likeness (QED) is 0.368. The molecule has 8 nitrogen and oxygen atoms in total. The average molecular weight is 404 g/mol. The molecule has 3 rings (SSSR count). The van der Waals surface area contributed by atoms with Gasteiger partial charge in [-0.05, 0) is 37.3 Å². The molecule has 1 amide bonds. The van der Waals surface area contributed by atoms with Crippen LogP contribution in [0.5, 0.6) is 11.6 Å². The summed E-state index contributed by atoms with van der Waals surface area (Å²) in [5.41, 5.74) is 0.728. The number of nitrogens with zero attached hydrogens (tertiary/aromatic N) is 3. The summed E-state index contributed by atoms with van der Waals surface area (Å²) >= 11 is 0. The van der Waals surface area contributed by atoms with Crippen LogP contribution in [0.3, 0.4) is 0 Å². The lowest BCUT2D eigenvalue weighted by Crippen LogP contribution is -2.28. The number of rotatable bonds is 7. The number of aromatic nitrogens is 2. The zero-order valence-corrected chi connectivity index (χ0v) is 16.6. The van der Waals surface area contributed by atoms with Gasteiger partial charge in [-0.1, -0.05) is 23.8 Å². The van der Waals surface area contributed by atoms with Gasteiger partial charge in [-0.2, -0.15) is 10.2 Å². The molecule has 1 N–H and O–H groups in total. The van der Waals surface area contributed by atoms with Crippen molar-refractivity contribution in [3.8, 4) is 17.7 Å². The molecule has 1 aromatic carbocycles. The molecular weight excluding hydrogens is 384 g/mol. The zero-order valence-electron chi connectivity index (χ0n) is 16.6. The van der Waals surface area contributed by atoms with Crippen LogP contribution in [0.25, 0.3) is 11.7 Å². The fourth-order valence-electron chi connectivity index (χ4n) is 2.66. The molecule has 0 aliphatic heterocycles. The number of pyridine rings is 1. The number of nitrogens with one attached hydrogen (secondary N) is 1. The molecule has 0 fully saturated rings. The Morgan fingerprint density at radius 2 is 2.03 bits per heavy atom. The minimum absolute atomic E-state index is 0.00211. The van der Waals surface area contributed by atoms with Gasteiger partial charge >= 0.3 is 0 Å². The summed E-state index contributed by atoms with van der Waals surface area (Å²) < 4.78 is 12.1. The largest absolute Gasteiger partial charge is 0.438 e. The fourth-order valence-corrected chi connectivity index (χ4v) is 2.66. The molecule has 8 heteroatoms. The Hall–Kier alpha value is -3.96. The van der Waals surface area contributed by atoms with Crippen LogP contribution in [0.15, 0.2) is 59.0 Å². The van der Waals surface area contributed by atoms with Gasteiger partial charge in [0.15, 0.2) is 0 Å². The minimum Gasteiger partial charge on any atom is -0.438 e. The van der Waals surface area contributed by atoms with Gasteiger partial charge in [0.25, 0.3) is 11.5 Å². The summed E-state index contributed by atoms with van der Waals surface area (Å²) in [7, 11) is 1.50. The van der Waals surface area contributed by atoms with Crippen molar-refractivity contribution in [3.05, 3.63) is 75.7 Å². The van der Waals surface area contributed by atoms with Crippen molar-refractivity contribution in [2.75, 3.05) is 20.3 Å². The van der Waals surface area contributed by atoms with E-state index in [1.807, 2.05) is 25.1 Å². The van der Waals surface area contributed by atoms with E-state index >= 15 is 0 Å². The van der Waals surface area contributed by atoms with Crippen molar-refractivity contribution in [1.82, 2.24) is 14.7 Å². The summed E-state index contributed by atoms with van der Waals surface area (Å²) in [5.74, 6) is -0.133. The molecule has 3 aromatic rings. The second-order valence-electron chi connectivity index (χ2n) is 6.40. The molecule has 30 heavy (non-hydrogen) atoms. The molecular formula is C22H20N4O4. The Balaban J connectivity index is 2.09. The highest BCUT2D eigenvalue weighted by molar-refractivity contribution is 6.01. The van der Waals surface area contributed by atoms with E-state index in [0.717, 1.165) is 5.56 Å². The normalized spacial score (nSPS) is 11.2. The molecule has 0 saturated heterocycles. The molecule has 0 atom stereocenters. The maximum Gasteiger partial charge on any atom is 0.269 e. The van der Waals surface area contributed by atoms with E-state index in [2.05, 4.69) is 10.3 Å². The Kier molecular flexibility index (Phi) is 6.57. The lowest BCUT2D eigenvalue weighted by atomic mass is 10.1. The van der Waals surface area contributed by atoms with Crippen molar-refractivity contribution in [3.63, 3.8) is 0 Å². The van der Waals surface area contributed by atoms with Crippen molar-refractivity contribution in [2.45, 2.75) is 6.92 Å². The van der Waals surface area contributed by atoms with E-state index in [9.17, 15) is 14.9 Å². The third-order valence-corrected chi connectivity index (χ3v) is 4.22. The van der Waals surface area contributed by atoms with Crippen molar-refractivity contribution in [1.29, 1.82) is 5.26 Å². The number of aryl methyl sites for hydroxylation is 1. The van der Waals surface area contributed by atoms with Crippen molar-refractivity contribution < 1.29 is 14.3 Å². The smallest absolute Gasteiger partial charge is 0.269 e. The summed E-state index contributed by atoms with van der Waals surface area (Å²) in [5, 5.41) is 12.0. The second-order valence-corrected chi connectivity index (χ2v) is 6.40. The molecule has 0 aliphatic carbocycles. The van der Waals surface area contributed by atoms with Crippen LogP contribution in [0.4, 0.5) is 0 Å². The standard InChI is InChI=1S/C22H20N4O4/c1-15-6-8-17(9-7-15)30-21-18(13-16(14-23)20(27)24-10-12-29-2)22(28)26-11-4-3-5-19(26)25-21/h3-9,11,13H,10,12H2,1-2H3,(H,24,27). The first-order valence-corrected chi connectivity index (χ1v) is 9.18. The van der Waals surface area contributed by atoms with Gasteiger partial charge in [-0.15, -0.1) is 0 Å². The van der Waals surface area contributed by atoms with Crippen molar-refractivity contribution >= 4 is 17.6 Å². The number of hydrogen-bond donors (Lipinski definition) is 1. The monoisotopic (exact) mass is 404 g/mol. The molecule has 0 bridgehead atoms. The van der Waals surface area contributed by atoms with E-state index in [1.54, 1.807) is 36.5 Å². The van der Waals surface area contributed by atoms with E-state index in [4.69, 9.17) is 9.47 Å². The third-order valence-electron chi connectivity index (χ3n) is 4.22. The van der Waals surface area contributed by atoms with Gasteiger partial charge in [0.2, 0.25) is 5.88 Å². The summed E-state index contributed by atoms with van der Waals surface area (Å²) in [6, 6.07) is 14.2. The molecule has 0 spiro atoms. The molecule has 0 aliphatic rings. The number of nitriles is 1. The Morgan fingerprint density at radius 3 is 2.73 bits per heavy atom. The van der Waals surface area contributed by atoms with Crippen molar-refractivity contribution in [2.24, 2.45) is 0 Å². The molecule has 2 heterocycles. The number of carbonyl (C=O) groups excluding carboxylic acids is 1. The SMILES string of the molecule is COCCNC(=O)C(C#N)=Cc1c(Oc2ccc(C)cc2)nc2ccccn2c1=O. The van der Waals surface area contributed by atoms with Gasteiger partial charge in [-0.3, -0.25) is 14.0 Å². The van der Waals surface area contributed by atoms with E-state index in [0.29, 0.717) is 18.0 Å². The maximum atomic E-state index is 13.1. The highest BCUT2D eigenvalue weighted by atomic mass is 16.5. The second kappa shape index (κ2) is 9.49. The fraction of sp³-hybridized carbons (Fsp3) is 0.182. The Labute approximate surface area is 173 Å². The summed E-state index contributed by atoms with van der Waals surface area (Å²) in [4.78, 5) is 29.8. The zero-order chi connectivity index (χ0) is 21.5. The van der Waals surface area contributed by atoms with Crippen LogP contribution < -0.4 is 15.6 Å². The molecule has 0 unspecified atom stereocenters. The molecule has 0 saturated carbocycles. The Morgan fingerprint density at radius 1 is 1.27 bits per heavy atom. The van der Waals surface area contributed by atoms with Gasteiger partial charge in [0, 0.05) is 19.9 Å². The van der Waals surface area contributed by atoms with Gasteiger partial charge in [0.1, 0.15) is 28.6 Å². The first-order valence-electron chi connectivity index (χ1n) is 9.18. The number of hydrogen-bond acceptors (Lipinski definition) is 6. The van der Waals surface area contributed by atoms with Crippen LogP contribution >= 0.6 is 0 Å². The number of methoxy groups -OCH3 is 1. The van der Waals surface area contributed by atoms with Crippen LogP contribution in [0.2, 0.25) is 0 Å². The highest BCUT2D eigenvalue weighted by Crippen LogP contribution is 2.24. The van der Waals surface area contributed by atoms with Crippen LogP contribution in [0, 0.1) is 18.3 Å². The number of amides is 1. The van der Waals surface area contributed by atoms with E-state index in [1.165, 1.54) is 17.6 Å².